The van der Waals surface area contributed by atoms with Crippen molar-refractivity contribution < 1.29 is 9.47 Å². The van der Waals surface area contributed by atoms with Crippen LogP contribution in [0.25, 0.3) is 0 Å². The summed E-state index contributed by atoms with van der Waals surface area (Å²) in [4.78, 5) is 0. The van der Waals surface area contributed by atoms with E-state index in [-0.39, 0.29) is 5.84 Å². The predicted molar refractivity (Wildman–Crippen MR) is 63.7 cm³/mol. The minimum atomic E-state index is 0.0925. The zero-order chi connectivity index (χ0) is 12.0. The summed E-state index contributed by atoms with van der Waals surface area (Å²) in [6.07, 6.45) is 0. The lowest BCUT2D eigenvalue weighted by Gasteiger charge is -2.08. The molecule has 0 saturated carbocycles. The zero-order valence-corrected chi connectivity index (χ0v) is 9.75. The highest BCUT2D eigenvalue weighted by molar-refractivity contribution is 5.95. The van der Waals surface area contributed by atoms with Gasteiger partial charge in [0.25, 0.3) is 0 Å². The van der Waals surface area contributed by atoms with Crippen LogP contribution in [0.15, 0.2) is 18.2 Å². The van der Waals surface area contributed by atoms with Crippen LogP contribution >= 0.6 is 0 Å². The maximum Gasteiger partial charge on any atom is 0.122 e. The van der Waals surface area contributed by atoms with E-state index in [0.29, 0.717) is 19.8 Å². The molecule has 0 unspecified atom stereocenters. The van der Waals surface area contributed by atoms with Crippen LogP contribution in [0.4, 0.5) is 0 Å². The van der Waals surface area contributed by atoms with E-state index in [9.17, 15) is 0 Å². The van der Waals surface area contributed by atoms with Crippen molar-refractivity contribution in [2.45, 2.75) is 13.5 Å². The number of nitrogens with one attached hydrogen (secondary N) is 1. The number of hydrogen-bond donors (Lipinski definition) is 2. The summed E-state index contributed by atoms with van der Waals surface area (Å²) in [7, 11) is 1.65. The normalized spacial score (nSPS) is 10.4. The lowest BCUT2D eigenvalue weighted by atomic mass is 10.1. The Balaban J connectivity index is 2.57. The van der Waals surface area contributed by atoms with Crippen LogP contribution in [-0.2, 0) is 16.1 Å². The molecule has 16 heavy (non-hydrogen) atoms. The molecule has 0 aliphatic rings. The third-order valence-corrected chi connectivity index (χ3v) is 2.34. The molecule has 4 heteroatoms. The van der Waals surface area contributed by atoms with E-state index in [0.717, 1.165) is 16.7 Å². The molecule has 0 aromatic heterocycles. The standard InChI is InChI=1S/C12H18N2O2/c1-9-7-10(12(13)14)3-4-11(9)8-16-6-5-15-2/h3-4,7H,5-6,8H2,1-2H3,(H3,13,14). The van der Waals surface area contributed by atoms with Crippen molar-refractivity contribution in [2.24, 2.45) is 5.73 Å². The van der Waals surface area contributed by atoms with E-state index < -0.39 is 0 Å². The molecule has 0 radical (unpaired) electrons. The maximum absolute atomic E-state index is 7.33. The zero-order valence-electron chi connectivity index (χ0n) is 9.75. The van der Waals surface area contributed by atoms with Gasteiger partial charge >= 0.3 is 0 Å². The van der Waals surface area contributed by atoms with Crippen molar-refractivity contribution in [2.75, 3.05) is 20.3 Å². The van der Waals surface area contributed by atoms with Crippen LogP contribution in [0.2, 0.25) is 0 Å². The fourth-order valence-electron chi connectivity index (χ4n) is 1.35. The summed E-state index contributed by atoms with van der Waals surface area (Å²) in [6, 6.07) is 5.68. The number of amidine groups is 1. The number of nitrogens with two attached hydrogens (primary N) is 1. The third kappa shape index (κ3) is 3.64. The van der Waals surface area contributed by atoms with E-state index in [4.69, 9.17) is 20.6 Å². The largest absolute Gasteiger partial charge is 0.384 e. The number of ether oxygens (including phenoxy) is 2. The van der Waals surface area contributed by atoms with Gasteiger partial charge in [0.2, 0.25) is 0 Å². The Morgan fingerprint density at radius 3 is 2.69 bits per heavy atom. The Labute approximate surface area is 95.9 Å². The van der Waals surface area contributed by atoms with Gasteiger partial charge in [-0.3, -0.25) is 5.41 Å². The Morgan fingerprint density at radius 2 is 2.12 bits per heavy atom. The van der Waals surface area contributed by atoms with Crippen molar-refractivity contribution in [3.8, 4) is 0 Å². The van der Waals surface area contributed by atoms with E-state index >= 15 is 0 Å². The maximum atomic E-state index is 7.33. The second-order valence-corrected chi connectivity index (χ2v) is 3.60. The van der Waals surface area contributed by atoms with Crippen LogP contribution in [0.5, 0.6) is 0 Å². The van der Waals surface area contributed by atoms with Gasteiger partial charge in [-0.2, -0.15) is 0 Å². The highest BCUT2D eigenvalue weighted by Gasteiger charge is 2.02. The molecule has 0 fully saturated rings. The highest BCUT2D eigenvalue weighted by Crippen LogP contribution is 2.11. The first-order valence-electron chi connectivity index (χ1n) is 5.15. The number of rotatable bonds is 6. The molecule has 0 bridgehead atoms. The Hall–Kier alpha value is -1.39. The second kappa shape index (κ2) is 6.25. The first-order chi connectivity index (χ1) is 7.65. The topological polar surface area (TPSA) is 68.3 Å². The van der Waals surface area contributed by atoms with E-state index in [2.05, 4.69) is 0 Å². The molecule has 0 aliphatic heterocycles. The van der Waals surface area contributed by atoms with Gasteiger partial charge in [0.15, 0.2) is 0 Å². The Morgan fingerprint density at radius 1 is 1.38 bits per heavy atom. The SMILES string of the molecule is COCCOCc1ccc(C(=N)N)cc1C. The molecule has 0 saturated heterocycles. The summed E-state index contributed by atoms with van der Waals surface area (Å²) in [5.41, 5.74) is 8.36. The molecule has 4 nitrogen and oxygen atoms in total. The van der Waals surface area contributed by atoms with Gasteiger partial charge < -0.3 is 15.2 Å². The first-order valence-corrected chi connectivity index (χ1v) is 5.15. The molecule has 1 rings (SSSR count). The van der Waals surface area contributed by atoms with Crippen LogP contribution in [0.3, 0.4) is 0 Å². The van der Waals surface area contributed by atoms with Crippen molar-refractivity contribution in [3.05, 3.63) is 34.9 Å². The molecule has 0 spiro atoms. The minimum Gasteiger partial charge on any atom is -0.384 e. The molecular weight excluding hydrogens is 204 g/mol. The van der Waals surface area contributed by atoms with Crippen molar-refractivity contribution >= 4 is 5.84 Å². The van der Waals surface area contributed by atoms with Crippen molar-refractivity contribution in [1.29, 1.82) is 5.41 Å². The summed E-state index contributed by atoms with van der Waals surface area (Å²) in [6.45, 7) is 3.74. The predicted octanol–water partition coefficient (Wildman–Crippen LogP) is 1.44. The molecule has 88 valence electrons. The number of hydrogen-bond acceptors (Lipinski definition) is 3. The third-order valence-electron chi connectivity index (χ3n) is 2.34. The molecule has 3 N–H and O–H groups in total. The Bertz CT molecular complexity index is 364. The van der Waals surface area contributed by atoms with Crippen molar-refractivity contribution in [1.82, 2.24) is 0 Å². The van der Waals surface area contributed by atoms with E-state index in [1.807, 2.05) is 25.1 Å². The highest BCUT2D eigenvalue weighted by atomic mass is 16.5. The van der Waals surface area contributed by atoms with Gasteiger partial charge in [-0.05, 0) is 24.1 Å². The number of benzene rings is 1. The van der Waals surface area contributed by atoms with Gasteiger partial charge in [0, 0.05) is 12.7 Å². The lowest BCUT2D eigenvalue weighted by molar-refractivity contribution is 0.0614. The van der Waals surface area contributed by atoms with Crippen LogP contribution in [0, 0.1) is 12.3 Å². The van der Waals surface area contributed by atoms with Gasteiger partial charge in [-0.15, -0.1) is 0 Å². The number of nitrogen functional groups attached to an aromatic ring is 1. The van der Waals surface area contributed by atoms with E-state index in [1.165, 1.54) is 0 Å². The lowest BCUT2D eigenvalue weighted by Crippen LogP contribution is -2.11. The number of methoxy groups -OCH3 is 1. The van der Waals surface area contributed by atoms with Gasteiger partial charge in [0.1, 0.15) is 5.84 Å². The molecule has 0 aliphatic carbocycles. The fourth-order valence-corrected chi connectivity index (χ4v) is 1.35. The smallest absolute Gasteiger partial charge is 0.122 e. The fraction of sp³-hybridized carbons (Fsp3) is 0.417. The Kier molecular flexibility index (Phi) is 4.95. The van der Waals surface area contributed by atoms with Crippen molar-refractivity contribution in [3.63, 3.8) is 0 Å². The molecule has 0 heterocycles. The number of aryl methyl sites for hydroxylation is 1. The molecule has 0 amide bonds. The molecule has 1 aromatic rings. The van der Waals surface area contributed by atoms with E-state index in [1.54, 1.807) is 7.11 Å². The van der Waals surface area contributed by atoms with Gasteiger partial charge in [-0.25, -0.2) is 0 Å². The molecular formula is C12H18N2O2. The first kappa shape index (κ1) is 12.7. The van der Waals surface area contributed by atoms with Crippen LogP contribution in [0.1, 0.15) is 16.7 Å². The summed E-state index contributed by atoms with van der Waals surface area (Å²) in [5.74, 6) is 0.0925. The van der Waals surface area contributed by atoms with Gasteiger partial charge in [-0.1, -0.05) is 12.1 Å². The average Bonchev–Trinajstić information content (AvgIpc) is 2.26. The minimum absolute atomic E-state index is 0.0925. The summed E-state index contributed by atoms with van der Waals surface area (Å²) in [5, 5.41) is 7.33. The second-order valence-electron chi connectivity index (χ2n) is 3.60. The summed E-state index contributed by atoms with van der Waals surface area (Å²) >= 11 is 0. The monoisotopic (exact) mass is 222 g/mol. The molecule has 1 aromatic carbocycles. The quantitative estimate of drug-likeness (QED) is 0.435. The van der Waals surface area contributed by atoms with Crippen LogP contribution < -0.4 is 5.73 Å². The van der Waals surface area contributed by atoms with Crippen LogP contribution in [-0.4, -0.2) is 26.2 Å². The summed E-state index contributed by atoms with van der Waals surface area (Å²) < 4.78 is 10.3. The molecule has 0 atom stereocenters. The average molecular weight is 222 g/mol. The van der Waals surface area contributed by atoms with Gasteiger partial charge in [0.05, 0.1) is 19.8 Å².